The molecule has 32 heavy (non-hydrogen) atoms. The zero-order chi connectivity index (χ0) is 22.8. The highest BCUT2D eigenvalue weighted by Crippen LogP contribution is 2.38. The molecule has 1 unspecified atom stereocenters. The van der Waals surface area contributed by atoms with Crippen LogP contribution >= 0.6 is 15.9 Å². The van der Waals surface area contributed by atoms with Gasteiger partial charge in [-0.05, 0) is 66.5 Å². The van der Waals surface area contributed by atoms with Gasteiger partial charge in [0.15, 0.2) is 21.9 Å². The van der Waals surface area contributed by atoms with Crippen molar-refractivity contribution in [3.63, 3.8) is 0 Å². The zero-order valence-electron chi connectivity index (χ0n) is 17.9. The van der Waals surface area contributed by atoms with Crippen LogP contribution in [0.25, 0.3) is 0 Å². The summed E-state index contributed by atoms with van der Waals surface area (Å²) in [5.41, 5.74) is 2.29. The molecular weight excluding hydrogens is 481 g/mol. The van der Waals surface area contributed by atoms with Gasteiger partial charge in [0.2, 0.25) is 6.79 Å². The minimum atomic E-state index is -0.531. The first-order valence-electron chi connectivity index (χ1n) is 10.3. The molecule has 168 valence electrons. The van der Waals surface area contributed by atoms with Crippen LogP contribution in [-0.4, -0.2) is 28.9 Å². The predicted octanol–water partition coefficient (Wildman–Crippen LogP) is 5.47. The van der Waals surface area contributed by atoms with E-state index in [2.05, 4.69) is 26.2 Å². The number of hydrogen-bond acceptors (Lipinski definition) is 6. The van der Waals surface area contributed by atoms with Gasteiger partial charge in [0.25, 0.3) is 0 Å². The minimum Gasteiger partial charge on any atom is -0.461 e. The molecule has 1 atom stereocenters. The number of ether oxygens (including phenoxy) is 3. The highest BCUT2D eigenvalue weighted by atomic mass is 79.9. The smallest absolute Gasteiger partial charge is 0.358 e. The van der Waals surface area contributed by atoms with E-state index in [1.807, 2.05) is 36.6 Å². The number of carbonyl (C=O) groups excluding carboxylic acids is 1. The van der Waals surface area contributed by atoms with E-state index in [0.717, 1.165) is 11.3 Å². The van der Waals surface area contributed by atoms with E-state index in [4.69, 9.17) is 14.2 Å². The highest BCUT2D eigenvalue weighted by molar-refractivity contribution is 9.10. The molecule has 0 saturated heterocycles. The van der Waals surface area contributed by atoms with Gasteiger partial charge >= 0.3 is 5.97 Å². The van der Waals surface area contributed by atoms with Crippen LogP contribution in [0.1, 0.15) is 54.6 Å². The van der Waals surface area contributed by atoms with Gasteiger partial charge in [-0.25, -0.2) is 14.2 Å². The Labute approximate surface area is 193 Å². The van der Waals surface area contributed by atoms with Gasteiger partial charge in [-0.15, -0.1) is 0 Å². The topological polar surface area (TPSA) is 74.6 Å². The standard InChI is InChI=1S/C23H23BrFN3O4/c1-4-30-22(29)20-21(28(13(2)3)23(24)27-20)19(14-5-7-15(25)8-6-14)26-16-9-10-17-18(11-16)32-12-31-17/h5-11,13,19,26H,4,12H2,1-3H3. The van der Waals surface area contributed by atoms with Crippen LogP contribution in [0.4, 0.5) is 10.1 Å². The van der Waals surface area contributed by atoms with Gasteiger partial charge in [-0.2, -0.15) is 0 Å². The second-order valence-electron chi connectivity index (χ2n) is 7.50. The maximum absolute atomic E-state index is 13.7. The molecule has 0 aliphatic carbocycles. The number of anilines is 1. The fourth-order valence-corrected chi connectivity index (χ4v) is 4.43. The summed E-state index contributed by atoms with van der Waals surface area (Å²) in [6, 6.07) is 11.1. The van der Waals surface area contributed by atoms with E-state index in [-0.39, 0.29) is 31.0 Å². The molecule has 0 spiro atoms. The number of nitrogens with one attached hydrogen (secondary N) is 1. The van der Waals surface area contributed by atoms with Crippen LogP contribution in [0.15, 0.2) is 47.2 Å². The van der Waals surface area contributed by atoms with Crippen LogP contribution in [0, 0.1) is 5.82 Å². The summed E-state index contributed by atoms with van der Waals surface area (Å²) < 4.78 is 32.3. The molecule has 9 heteroatoms. The first-order valence-corrected chi connectivity index (χ1v) is 11.0. The number of carbonyl (C=O) groups is 1. The first kappa shape index (κ1) is 22.1. The highest BCUT2D eigenvalue weighted by Gasteiger charge is 2.31. The molecule has 1 N–H and O–H groups in total. The Hall–Kier alpha value is -3.07. The fourth-order valence-electron chi connectivity index (χ4n) is 3.65. The van der Waals surface area contributed by atoms with Crippen LogP contribution in [0.5, 0.6) is 11.5 Å². The van der Waals surface area contributed by atoms with Gasteiger partial charge in [-0.1, -0.05) is 12.1 Å². The molecule has 1 aliphatic heterocycles. The molecule has 0 saturated carbocycles. The van der Waals surface area contributed by atoms with E-state index < -0.39 is 12.0 Å². The van der Waals surface area contributed by atoms with Gasteiger partial charge in [0.1, 0.15) is 5.82 Å². The summed E-state index contributed by atoms with van der Waals surface area (Å²) in [4.78, 5) is 17.3. The molecule has 7 nitrogen and oxygen atoms in total. The normalized spacial score (nSPS) is 13.3. The van der Waals surface area contributed by atoms with Crippen molar-refractivity contribution in [3.05, 3.63) is 70.0 Å². The van der Waals surface area contributed by atoms with Gasteiger partial charge in [0.05, 0.1) is 18.3 Å². The number of benzene rings is 2. The Bertz CT molecular complexity index is 1130. The van der Waals surface area contributed by atoms with E-state index in [1.54, 1.807) is 19.1 Å². The lowest BCUT2D eigenvalue weighted by molar-refractivity contribution is 0.0518. The van der Waals surface area contributed by atoms with Crippen LogP contribution < -0.4 is 14.8 Å². The van der Waals surface area contributed by atoms with Gasteiger partial charge < -0.3 is 24.1 Å². The van der Waals surface area contributed by atoms with Crippen molar-refractivity contribution in [2.75, 3.05) is 18.7 Å². The molecule has 0 amide bonds. The molecule has 2 aromatic carbocycles. The summed E-state index contributed by atoms with van der Waals surface area (Å²) >= 11 is 3.49. The lowest BCUT2D eigenvalue weighted by atomic mass is 10.0. The van der Waals surface area contributed by atoms with Crippen molar-refractivity contribution in [3.8, 4) is 11.5 Å². The number of imidazole rings is 1. The van der Waals surface area contributed by atoms with Crippen molar-refractivity contribution < 1.29 is 23.4 Å². The summed E-state index contributed by atoms with van der Waals surface area (Å²) in [6.45, 7) is 6.12. The molecule has 0 radical (unpaired) electrons. The number of esters is 1. The van der Waals surface area contributed by atoms with Crippen molar-refractivity contribution in [1.82, 2.24) is 9.55 Å². The Morgan fingerprint density at radius 1 is 1.22 bits per heavy atom. The average Bonchev–Trinajstić information content (AvgIpc) is 3.36. The Balaban J connectivity index is 1.86. The van der Waals surface area contributed by atoms with Gasteiger partial charge in [-0.3, -0.25) is 0 Å². The maximum atomic E-state index is 13.7. The number of fused-ring (bicyclic) bond motifs is 1. The third-order valence-electron chi connectivity index (χ3n) is 5.05. The molecule has 0 fully saturated rings. The van der Waals surface area contributed by atoms with Crippen molar-refractivity contribution in [2.45, 2.75) is 32.9 Å². The SMILES string of the molecule is CCOC(=O)c1nc(Br)n(C(C)C)c1C(Nc1ccc2c(c1)OCO2)c1ccc(F)cc1. The second-order valence-corrected chi connectivity index (χ2v) is 8.21. The molecular formula is C23H23BrFN3O4. The van der Waals surface area contributed by atoms with E-state index in [9.17, 15) is 9.18 Å². The minimum absolute atomic E-state index is 0.0171. The Morgan fingerprint density at radius 2 is 1.94 bits per heavy atom. The fraction of sp³-hybridized carbons (Fsp3) is 0.304. The largest absolute Gasteiger partial charge is 0.461 e. The summed E-state index contributed by atoms with van der Waals surface area (Å²) in [5, 5.41) is 3.46. The Morgan fingerprint density at radius 3 is 2.62 bits per heavy atom. The molecule has 4 rings (SSSR count). The first-order chi connectivity index (χ1) is 15.4. The van der Waals surface area contributed by atoms with Crippen LogP contribution in [-0.2, 0) is 4.74 Å². The second kappa shape index (κ2) is 9.20. The zero-order valence-corrected chi connectivity index (χ0v) is 19.5. The van der Waals surface area contributed by atoms with Crippen LogP contribution in [0.2, 0.25) is 0 Å². The van der Waals surface area contributed by atoms with E-state index >= 15 is 0 Å². The lowest BCUT2D eigenvalue weighted by Crippen LogP contribution is -2.21. The third-order valence-corrected chi connectivity index (χ3v) is 5.61. The molecule has 3 aromatic rings. The van der Waals surface area contributed by atoms with E-state index in [0.29, 0.717) is 21.9 Å². The maximum Gasteiger partial charge on any atom is 0.358 e. The molecule has 0 bridgehead atoms. The predicted molar refractivity (Wildman–Crippen MR) is 121 cm³/mol. The van der Waals surface area contributed by atoms with Crippen molar-refractivity contribution in [1.29, 1.82) is 0 Å². The summed E-state index contributed by atoms with van der Waals surface area (Å²) in [5.74, 6) is 0.412. The van der Waals surface area contributed by atoms with Gasteiger partial charge in [0, 0.05) is 17.8 Å². The number of hydrogen-bond donors (Lipinski definition) is 1. The summed E-state index contributed by atoms with van der Waals surface area (Å²) in [7, 11) is 0. The average molecular weight is 504 g/mol. The lowest BCUT2D eigenvalue weighted by Gasteiger charge is -2.25. The number of rotatable bonds is 7. The molecule has 2 heterocycles. The van der Waals surface area contributed by atoms with Crippen molar-refractivity contribution in [2.24, 2.45) is 0 Å². The monoisotopic (exact) mass is 503 g/mol. The Kier molecular flexibility index (Phi) is 6.36. The molecule has 1 aliphatic rings. The third kappa shape index (κ3) is 4.29. The van der Waals surface area contributed by atoms with Crippen molar-refractivity contribution >= 4 is 27.6 Å². The number of aromatic nitrogens is 2. The number of halogens is 2. The number of nitrogens with zero attached hydrogens (tertiary/aromatic N) is 2. The molecule has 1 aromatic heterocycles. The van der Waals surface area contributed by atoms with Crippen LogP contribution in [0.3, 0.4) is 0 Å². The summed E-state index contributed by atoms with van der Waals surface area (Å²) in [6.07, 6.45) is 0. The quantitative estimate of drug-likeness (QED) is 0.430. The van der Waals surface area contributed by atoms with E-state index in [1.165, 1.54) is 12.1 Å².